The largest absolute Gasteiger partial charge is 0.390 e. The third-order valence-corrected chi connectivity index (χ3v) is 5.03. The highest BCUT2D eigenvalue weighted by Gasteiger charge is 2.24. The van der Waals surface area contributed by atoms with Gasteiger partial charge in [0.15, 0.2) is 0 Å². The van der Waals surface area contributed by atoms with E-state index in [1.54, 1.807) is 0 Å². The Labute approximate surface area is 156 Å². The predicted molar refractivity (Wildman–Crippen MR) is 104 cm³/mol. The Bertz CT molecular complexity index is 745. The summed E-state index contributed by atoms with van der Waals surface area (Å²) in [6.45, 7) is 7.34. The summed E-state index contributed by atoms with van der Waals surface area (Å²) in [6.07, 6.45) is -0.109. The molecule has 1 fully saturated rings. The van der Waals surface area contributed by atoms with E-state index in [4.69, 9.17) is 0 Å². The first-order valence-electron chi connectivity index (χ1n) is 9.29. The van der Waals surface area contributed by atoms with E-state index in [0.29, 0.717) is 26.1 Å². The number of carbonyl (C=O) groups excluding carboxylic acids is 1. The molecule has 3 rings (SSSR count). The molecule has 0 saturated carbocycles. The number of nitrogens with zero attached hydrogens (tertiary/aromatic N) is 2. The lowest BCUT2D eigenvalue weighted by atomic mass is 10.0. The molecule has 0 spiro atoms. The van der Waals surface area contributed by atoms with Crippen molar-refractivity contribution >= 4 is 5.91 Å². The van der Waals surface area contributed by atoms with Crippen molar-refractivity contribution in [3.63, 3.8) is 0 Å². The summed E-state index contributed by atoms with van der Waals surface area (Å²) in [5, 5.41) is 10.4. The van der Waals surface area contributed by atoms with Crippen molar-refractivity contribution in [2.24, 2.45) is 0 Å². The van der Waals surface area contributed by atoms with Crippen LogP contribution >= 0.6 is 0 Å². The van der Waals surface area contributed by atoms with E-state index in [1.165, 1.54) is 11.1 Å². The number of carbonyl (C=O) groups is 1. The summed E-state index contributed by atoms with van der Waals surface area (Å²) in [6, 6.07) is 16.5. The summed E-state index contributed by atoms with van der Waals surface area (Å²) < 4.78 is 0. The van der Waals surface area contributed by atoms with Gasteiger partial charge in [-0.1, -0.05) is 54.1 Å². The standard InChI is InChI=1S/C22H28N2O2/c1-17-8-9-18(2)20(12-17)13-22(26)24-11-10-23(15-21(25)16-24)14-19-6-4-3-5-7-19/h3-9,12,21,25H,10-11,13-16H2,1-2H3/t21-/m0/s1. The molecule has 4 heteroatoms. The Hall–Kier alpha value is -2.17. The summed E-state index contributed by atoms with van der Waals surface area (Å²) in [7, 11) is 0. The molecule has 2 aromatic rings. The first-order valence-corrected chi connectivity index (χ1v) is 9.29. The monoisotopic (exact) mass is 352 g/mol. The highest BCUT2D eigenvalue weighted by atomic mass is 16.3. The first kappa shape index (κ1) is 18.6. The van der Waals surface area contributed by atoms with Crippen LogP contribution in [0.3, 0.4) is 0 Å². The lowest BCUT2D eigenvalue weighted by Gasteiger charge is -2.22. The molecule has 1 saturated heterocycles. The van der Waals surface area contributed by atoms with Crippen LogP contribution in [0.2, 0.25) is 0 Å². The second kappa shape index (κ2) is 8.47. The number of aryl methyl sites for hydroxylation is 2. The van der Waals surface area contributed by atoms with Crippen molar-refractivity contribution in [2.45, 2.75) is 32.9 Å². The van der Waals surface area contributed by atoms with Crippen LogP contribution in [0.5, 0.6) is 0 Å². The fraction of sp³-hybridized carbons (Fsp3) is 0.409. The molecule has 1 heterocycles. The summed E-state index contributed by atoms with van der Waals surface area (Å²) in [5.74, 6) is 0.0966. The smallest absolute Gasteiger partial charge is 0.227 e. The maximum atomic E-state index is 12.8. The number of hydrogen-bond acceptors (Lipinski definition) is 3. The molecule has 138 valence electrons. The minimum Gasteiger partial charge on any atom is -0.390 e. The minimum absolute atomic E-state index is 0.0966. The van der Waals surface area contributed by atoms with Crippen LogP contribution in [0.1, 0.15) is 22.3 Å². The topological polar surface area (TPSA) is 43.8 Å². The molecule has 26 heavy (non-hydrogen) atoms. The molecule has 0 bridgehead atoms. The summed E-state index contributed by atoms with van der Waals surface area (Å²) in [5.41, 5.74) is 4.62. The highest BCUT2D eigenvalue weighted by molar-refractivity contribution is 5.79. The van der Waals surface area contributed by atoms with Crippen molar-refractivity contribution < 1.29 is 9.90 Å². The Kier molecular flexibility index (Phi) is 6.07. The predicted octanol–water partition coefficient (Wildman–Crippen LogP) is 2.55. The third-order valence-electron chi connectivity index (χ3n) is 5.03. The summed E-state index contributed by atoms with van der Waals surface area (Å²) in [4.78, 5) is 16.8. The average Bonchev–Trinajstić information content (AvgIpc) is 2.80. The molecule has 4 nitrogen and oxygen atoms in total. The van der Waals surface area contributed by atoms with Gasteiger partial charge >= 0.3 is 0 Å². The van der Waals surface area contributed by atoms with Gasteiger partial charge in [-0.2, -0.15) is 0 Å². The van der Waals surface area contributed by atoms with E-state index in [2.05, 4.69) is 35.2 Å². The Morgan fingerprint density at radius 3 is 2.62 bits per heavy atom. The molecule has 1 amide bonds. The minimum atomic E-state index is -0.510. The lowest BCUT2D eigenvalue weighted by Crippen LogP contribution is -2.38. The number of β-amino-alcohol motifs (C(OH)–C–C–N with tert-alkyl or cyclic N) is 1. The first-order chi connectivity index (χ1) is 12.5. The average molecular weight is 352 g/mol. The van der Waals surface area contributed by atoms with Crippen molar-refractivity contribution in [2.75, 3.05) is 26.2 Å². The molecule has 0 aromatic heterocycles. The van der Waals surface area contributed by atoms with Gasteiger partial charge in [-0.25, -0.2) is 0 Å². The van der Waals surface area contributed by atoms with Gasteiger partial charge in [0.25, 0.3) is 0 Å². The van der Waals surface area contributed by atoms with Crippen LogP contribution in [-0.4, -0.2) is 53.1 Å². The molecular weight excluding hydrogens is 324 g/mol. The SMILES string of the molecule is Cc1ccc(C)c(CC(=O)N2CCN(Cc3ccccc3)C[C@H](O)C2)c1. The van der Waals surface area contributed by atoms with Crippen LogP contribution in [0, 0.1) is 13.8 Å². The van der Waals surface area contributed by atoms with Crippen molar-refractivity contribution in [1.82, 2.24) is 9.80 Å². The van der Waals surface area contributed by atoms with Crippen LogP contribution in [0.4, 0.5) is 0 Å². The molecule has 1 aliphatic rings. The second-order valence-corrected chi connectivity index (χ2v) is 7.32. The second-order valence-electron chi connectivity index (χ2n) is 7.32. The van der Waals surface area contributed by atoms with E-state index < -0.39 is 6.10 Å². The van der Waals surface area contributed by atoms with Gasteiger partial charge in [0, 0.05) is 32.7 Å². The van der Waals surface area contributed by atoms with Gasteiger partial charge in [0.2, 0.25) is 5.91 Å². The lowest BCUT2D eigenvalue weighted by molar-refractivity contribution is -0.131. The quantitative estimate of drug-likeness (QED) is 0.920. The highest BCUT2D eigenvalue weighted by Crippen LogP contribution is 2.15. The molecule has 1 aliphatic heterocycles. The van der Waals surface area contributed by atoms with E-state index in [9.17, 15) is 9.90 Å². The molecule has 1 N–H and O–H groups in total. The Morgan fingerprint density at radius 2 is 1.85 bits per heavy atom. The molecular formula is C22H28N2O2. The normalized spacial score (nSPS) is 18.6. The van der Waals surface area contributed by atoms with E-state index in [-0.39, 0.29) is 5.91 Å². The Morgan fingerprint density at radius 1 is 1.08 bits per heavy atom. The number of hydrogen-bond donors (Lipinski definition) is 1. The molecule has 0 unspecified atom stereocenters. The third kappa shape index (κ3) is 4.93. The maximum Gasteiger partial charge on any atom is 0.227 e. The van der Waals surface area contributed by atoms with Gasteiger partial charge in [-0.15, -0.1) is 0 Å². The van der Waals surface area contributed by atoms with Crippen LogP contribution in [-0.2, 0) is 17.8 Å². The van der Waals surface area contributed by atoms with Crippen LogP contribution in [0.15, 0.2) is 48.5 Å². The molecule has 2 aromatic carbocycles. The zero-order chi connectivity index (χ0) is 18.5. The van der Waals surface area contributed by atoms with Gasteiger partial charge in [-0.05, 0) is 30.5 Å². The fourth-order valence-electron chi connectivity index (χ4n) is 3.53. The zero-order valence-corrected chi connectivity index (χ0v) is 15.7. The van der Waals surface area contributed by atoms with Gasteiger partial charge in [0.1, 0.15) is 0 Å². The Balaban J connectivity index is 1.62. The van der Waals surface area contributed by atoms with Gasteiger partial charge < -0.3 is 10.0 Å². The number of amides is 1. The maximum absolute atomic E-state index is 12.8. The zero-order valence-electron chi connectivity index (χ0n) is 15.7. The van der Waals surface area contributed by atoms with Gasteiger partial charge in [0.05, 0.1) is 12.5 Å². The van der Waals surface area contributed by atoms with Gasteiger partial charge in [-0.3, -0.25) is 9.69 Å². The number of rotatable bonds is 4. The number of benzene rings is 2. The molecule has 0 aliphatic carbocycles. The van der Waals surface area contributed by atoms with Crippen molar-refractivity contribution in [1.29, 1.82) is 0 Å². The van der Waals surface area contributed by atoms with Crippen molar-refractivity contribution in [3.8, 4) is 0 Å². The van der Waals surface area contributed by atoms with Crippen LogP contribution in [0.25, 0.3) is 0 Å². The number of aliphatic hydroxyl groups is 1. The molecule has 0 radical (unpaired) electrons. The fourth-order valence-corrected chi connectivity index (χ4v) is 3.53. The van der Waals surface area contributed by atoms with E-state index >= 15 is 0 Å². The van der Waals surface area contributed by atoms with Crippen LogP contribution < -0.4 is 0 Å². The summed E-state index contributed by atoms with van der Waals surface area (Å²) >= 11 is 0. The van der Waals surface area contributed by atoms with E-state index in [1.807, 2.05) is 36.9 Å². The van der Waals surface area contributed by atoms with Crippen molar-refractivity contribution in [3.05, 3.63) is 70.8 Å². The molecule has 1 atom stereocenters. The number of aliphatic hydroxyl groups excluding tert-OH is 1. The van der Waals surface area contributed by atoms with E-state index in [0.717, 1.165) is 24.2 Å².